The molecule has 2 amide bonds. The van der Waals surface area contributed by atoms with Gasteiger partial charge in [0.05, 0.1) is 13.2 Å². The van der Waals surface area contributed by atoms with Crippen LogP contribution in [0.3, 0.4) is 0 Å². The van der Waals surface area contributed by atoms with Crippen LogP contribution < -0.4 is 10.6 Å². The van der Waals surface area contributed by atoms with E-state index in [4.69, 9.17) is 4.74 Å². The van der Waals surface area contributed by atoms with Crippen LogP contribution in [-0.4, -0.2) is 73.2 Å². The lowest BCUT2D eigenvalue weighted by Gasteiger charge is -2.34. The number of morpholine rings is 1. The minimum atomic E-state index is 0. The van der Waals surface area contributed by atoms with Gasteiger partial charge < -0.3 is 20.3 Å². The number of ether oxygens (including phenoxy) is 1. The van der Waals surface area contributed by atoms with E-state index in [-0.39, 0.29) is 36.3 Å². The molecule has 25 heavy (non-hydrogen) atoms. The summed E-state index contributed by atoms with van der Waals surface area (Å²) in [6, 6.07) is 0.358. The number of halogens is 1. The maximum Gasteiger partial charge on any atom is 0.225 e. The topological polar surface area (TPSA) is 70.7 Å². The predicted molar refractivity (Wildman–Crippen MR) is 102 cm³/mol. The molecule has 3 rings (SSSR count). The van der Waals surface area contributed by atoms with Crippen molar-refractivity contribution in [1.82, 2.24) is 15.5 Å². The molecule has 1 unspecified atom stereocenters. The lowest BCUT2D eigenvalue weighted by atomic mass is 9.85. The second kappa shape index (κ2) is 10.6. The normalized spacial score (nSPS) is 30.2. The molecule has 1 atom stereocenters. The average molecular weight is 392 g/mol. The summed E-state index contributed by atoms with van der Waals surface area (Å²) in [5.74, 6) is 2.73. The summed E-state index contributed by atoms with van der Waals surface area (Å²) in [7, 11) is 0. The molecule has 0 aromatic carbocycles. The molecular formula is C17H30ClN3O3S. The van der Waals surface area contributed by atoms with Crippen LogP contribution in [0.2, 0.25) is 0 Å². The van der Waals surface area contributed by atoms with Crippen molar-refractivity contribution in [3.05, 3.63) is 0 Å². The van der Waals surface area contributed by atoms with Gasteiger partial charge >= 0.3 is 0 Å². The molecule has 0 aromatic heterocycles. The van der Waals surface area contributed by atoms with Crippen molar-refractivity contribution < 1.29 is 14.3 Å². The Morgan fingerprint density at radius 3 is 2.52 bits per heavy atom. The van der Waals surface area contributed by atoms with Gasteiger partial charge in [-0.25, -0.2) is 0 Å². The molecule has 0 radical (unpaired) electrons. The fraction of sp³-hybridized carbons (Fsp3) is 0.882. The van der Waals surface area contributed by atoms with Crippen LogP contribution in [0.25, 0.3) is 0 Å². The standard InChI is InChI=1S/C17H29N3O3S.ClH/c21-16(11-15-12-23-8-5-18-15)19-14-3-1-13(2-4-14)17(22)20-6-9-24-10-7-20;/h13-15,18H,1-12H2,(H,19,21);1H. The first kappa shape index (κ1) is 20.8. The van der Waals surface area contributed by atoms with Gasteiger partial charge in [0.1, 0.15) is 0 Å². The molecule has 144 valence electrons. The van der Waals surface area contributed by atoms with E-state index in [1.165, 1.54) is 0 Å². The van der Waals surface area contributed by atoms with Crippen molar-refractivity contribution in [3.8, 4) is 0 Å². The minimum Gasteiger partial charge on any atom is -0.378 e. The van der Waals surface area contributed by atoms with E-state index in [9.17, 15) is 9.59 Å². The number of carbonyl (C=O) groups is 2. The van der Waals surface area contributed by atoms with Crippen molar-refractivity contribution >= 4 is 36.0 Å². The summed E-state index contributed by atoms with van der Waals surface area (Å²) in [5.41, 5.74) is 0. The number of thioether (sulfide) groups is 1. The van der Waals surface area contributed by atoms with Crippen LogP contribution in [0.15, 0.2) is 0 Å². The van der Waals surface area contributed by atoms with Crippen molar-refractivity contribution in [3.63, 3.8) is 0 Å². The minimum absolute atomic E-state index is 0. The van der Waals surface area contributed by atoms with Crippen molar-refractivity contribution in [2.45, 2.75) is 44.2 Å². The molecule has 0 bridgehead atoms. The number of carbonyl (C=O) groups excluding carboxylic acids is 2. The monoisotopic (exact) mass is 391 g/mol. The molecule has 6 nitrogen and oxygen atoms in total. The highest BCUT2D eigenvalue weighted by molar-refractivity contribution is 7.99. The summed E-state index contributed by atoms with van der Waals surface area (Å²) in [6.45, 7) is 3.96. The summed E-state index contributed by atoms with van der Waals surface area (Å²) >= 11 is 1.93. The zero-order valence-corrected chi connectivity index (χ0v) is 16.3. The highest BCUT2D eigenvalue weighted by atomic mass is 35.5. The quantitative estimate of drug-likeness (QED) is 0.749. The lowest BCUT2D eigenvalue weighted by molar-refractivity contribution is -0.136. The first-order valence-electron chi connectivity index (χ1n) is 9.19. The van der Waals surface area contributed by atoms with Gasteiger partial charge in [-0.3, -0.25) is 9.59 Å². The van der Waals surface area contributed by atoms with Crippen LogP contribution >= 0.6 is 24.2 Å². The maximum atomic E-state index is 12.6. The molecule has 0 aromatic rings. The van der Waals surface area contributed by atoms with Crippen LogP contribution in [0, 0.1) is 5.92 Å². The molecule has 3 fully saturated rings. The van der Waals surface area contributed by atoms with Gasteiger partial charge in [-0.05, 0) is 25.7 Å². The van der Waals surface area contributed by atoms with Gasteiger partial charge in [0, 0.05) is 55.6 Å². The molecule has 2 aliphatic heterocycles. The molecule has 2 saturated heterocycles. The highest BCUT2D eigenvalue weighted by Gasteiger charge is 2.30. The molecule has 2 heterocycles. The predicted octanol–water partition coefficient (Wildman–Crippen LogP) is 1.04. The van der Waals surface area contributed by atoms with Crippen LogP contribution in [-0.2, 0) is 14.3 Å². The number of nitrogens with zero attached hydrogens (tertiary/aromatic N) is 1. The summed E-state index contributed by atoms with van der Waals surface area (Å²) in [6.07, 6.45) is 4.11. The summed E-state index contributed by atoms with van der Waals surface area (Å²) in [4.78, 5) is 26.7. The molecular weight excluding hydrogens is 362 g/mol. The smallest absolute Gasteiger partial charge is 0.225 e. The zero-order chi connectivity index (χ0) is 16.8. The first-order valence-corrected chi connectivity index (χ1v) is 10.3. The van der Waals surface area contributed by atoms with Crippen LogP contribution in [0.5, 0.6) is 0 Å². The Morgan fingerprint density at radius 1 is 1.16 bits per heavy atom. The Labute approximate surface area is 160 Å². The number of amides is 2. The van der Waals surface area contributed by atoms with E-state index in [0.717, 1.165) is 63.4 Å². The fourth-order valence-electron chi connectivity index (χ4n) is 3.79. The largest absolute Gasteiger partial charge is 0.378 e. The third kappa shape index (κ3) is 6.31. The van der Waals surface area contributed by atoms with E-state index in [1.807, 2.05) is 16.7 Å². The van der Waals surface area contributed by atoms with E-state index < -0.39 is 0 Å². The van der Waals surface area contributed by atoms with E-state index in [2.05, 4.69) is 10.6 Å². The Hall–Kier alpha value is -0.500. The van der Waals surface area contributed by atoms with Gasteiger partial charge in [-0.2, -0.15) is 11.8 Å². The second-order valence-electron chi connectivity index (χ2n) is 6.98. The Morgan fingerprint density at radius 2 is 1.88 bits per heavy atom. The lowest BCUT2D eigenvalue weighted by Crippen LogP contribution is -2.47. The number of nitrogens with one attached hydrogen (secondary N) is 2. The maximum absolute atomic E-state index is 12.6. The van der Waals surface area contributed by atoms with Gasteiger partial charge in [0.2, 0.25) is 11.8 Å². The summed E-state index contributed by atoms with van der Waals surface area (Å²) < 4.78 is 5.38. The summed E-state index contributed by atoms with van der Waals surface area (Å²) in [5, 5.41) is 6.45. The van der Waals surface area contributed by atoms with E-state index in [1.54, 1.807) is 0 Å². The van der Waals surface area contributed by atoms with Gasteiger partial charge in [0.25, 0.3) is 0 Å². The second-order valence-corrected chi connectivity index (χ2v) is 8.21. The molecule has 1 saturated carbocycles. The van der Waals surface area contributed by atoms with Crippen molar-refractivity contribution in [2.24, 2.45) is 5.92 Å². The third-order valence-electron chi connectivity index (χ3n) is 5.19. The molecule has 0 spiro atoms. The van der Waals surface area contributed by atoms with Crippen molar-refractivity contribution in [2.75, 3.05) is 44.4 Å². The van der Waals surface area contributed by atoms with Gasteiger partial charge in [0.15, 0.2) is 0 Å². The number of hydrogen-bond donors (Lipinski definition) is 2. The first-order chi connectivity index (χ1) is 11.7. The third-order valence-corrected chi connectivity index (χ3v) is 6.14. The van der Waals surface area contributed by atoms with E-state index >= 15 is 0 Å². The van der Waals surface area contributed by atoms with E-state index in [0.29, 0.717) is 18.9 Å². The van der Waals surface area contributed by atoms with Crippen LogP contribution in [0.4, 0.5) is 0 Å². The van der Waals surface area contributed by atoms with Gasteiger partial charge in [-0.15, -0.1) is 12.4 Å². The average Bonchev–Trinajstić information content (AvgIpc) is 2.63. The SMILES string of the molecule is Cl.O=C(CC1COCCN1)NC1CCC(C(=O)N2CCSCC2)CC1. The molecule has 3 aliphatic rings. The van der Waals surface area contributed by atoms with Crippen LogP contribution in [0.1, 0.15) is 32.1 Å². The Kier molecular flexibility index (Phi) is 8.82. The number of hydrogen-bond acceptors (Lipinski definition) is 5. The molecule has 1 aliphatic carbocycles. The number of rotatable bonds is 4. The highest BCUT2D eigenvalue weighted by Crippen LogP contribution is 2.27. The molecule has 2 N–H and O–H groups in total. The molecule has 8 heteroatoms. The Balaban J connectivity index is 0.00000225. The van der Waals surface area contributed by atoms with Crippen molar-refractivity contribution in [1.29, 1.82) is 0 Å². The Bertz CT molecular complexity index is 435. The zero-order valence-electron chi connectivity index (χ0n) is 14.7. The fourth-order valence-corrected chi connectivity index (χ4v) is 4.69. The van der Waals surface area contributed by atoms with Gasteiger partial charge in [-0.1, -0.05) is 0 Å².